The van der Waals surface area contributed by atoms with Gasteiger partial charge in [0, 0.05) is 12.1 Å². The standard InChI is InChI=1S/C11H17ClN2OS.ClH/c1-3-11(13,4-2)7-14-10(15)9-8(12)5-6-16-9;/h5-6H,3-4,7,13H2,1-2H3,(H,14,15);1H. The maximum atomic E-state index is 11.8. The fourth-order valence-corrected chi connectivity index (χ4v) is 2.35. The van der Waals surface area contributed by atoms with Crippen LogP contribution in [0.2, 0.25) is 5.02 Å². The highest BCUT2D eigenvalue weighted by Crippen LogP contribution is 2.21. The lowest BCUT2D eigenvalue weighted by Crippen LogP contribution is -2.49. The maximum absolute atomic E-state index is 11.8. The van der Waals surface area contributed by atoms with Gasteiger partial charge in [0.1, 0.15) is 4.88 Å². The van der Waals surface area contributed by atoms with E-state index in [4.69, 9.17) is 17.3 Å². The summed E-state index contributed by atoms with van der Waals surface area (Å²) in [7, 11) is 0. The molecule has 0 saturated carbocycles. The van der Waals surface area contributed by atoms with E-state index in [1.54, 1.807) is 11.4 Å². The van der Waals surface area contributed by atoms with E-state index in [0.29, 0.717) is 16.4 Å². The van der Waals surface area contributed by atoms with E-state index in [0.717, 1.165) is 12.8 Å². The number of amides is 1. The molecule has 1 amide bonds. The van der Waals surface area contributed by atoms with Gasteiger partial charge in [-0.3, -0.25) is 4.79 Å². The predicted octanol–water partition coefficient (Wildman–Crippen LogP) is 3.07. The molecule has 0 bridgehead atoms. The van der Waals surface area contributed by atoms with Crippen molar-refractivity contribution >= 4 is 41.3 Å². The summed E-state index contributed by atoms with van der Waals surface area (Å²) in [5.41, 5.74) is 5.77. The molecule has 1 aromatic heterocycles. The van der Waals surface area contributed by atoms with E-state index in [-0.39, 0.29) is 23.9 Å². The summed E-state index contributed by atoms with van der Waals surface area (Å²) in [6.45, 7) is 4.52. The molecule has 17 heavy (non-hydrogen) atoms. The molecule has 3 nitrogen and oxygen atoms in total. The second-order valence-corrected chi connectivity index (χ2v) is 5.17. The van der Waals surface area contributed by atoms with E-state index >= 15 is 0 Å². The first-order valence-corrected chi connectivity index (χ1v) is 6.58. The zero-order chi connectivity index (χ0) is 12.2. The Balaban J connectivity index is 0.00000256. The average molecular weight is 297 g/mol. The molecule has 1 aromatic rings. The molecule has 0 radical (unpaired) electrons. The topological polar surface area (TPSA) is 55.1 Å². The number of halogens is 2. The van der Waals surface area contributed by atoms with Crippen LogP contribution in [0.4, 0.5) is 0 Å². The molecule has 0 aliphatic carbocycles. The summed E-state index contributed by atoms with van der Waals surface area (Å²) in [5.74, 6) is -0.142. The molecule has 0 aliphatic rings. The van der Waals surface area contributed by atoms with Crippen LogP contribution < -0.4 is 11.1 Å². The quantitative estimate of drug-likeness (QED) is 0.877. The zero-order valence-corrected chi connectivity index (χ0v) is 12.3. The fraction of sp³-hybridized carbons (Fsp3) is 0.545. The van der Waals surface area contributed by atoms with Crippen LogP contribution in [0.5, 0.6) is 0 Å². The number of rotatable bonds is 5. The minimum absolute atomic E-state index is 0. The Morgan fingerprint density at radius 3 is 2.53 bits per heavy atom. The van der Waals surface area contributed by atoms with Gasteiger partial charge in [0.05, 0.1) is 5.02 Å². The van der Waals surface area contributed by atoms with Crippen molar-refractivity contribution in [3.8, 4) is 0 Å². The summed E-state index contributed by atoms with van der Waals surface area (Å²) < 4.78 is 0. The number of carbonyl (C=O) groups excluding carboxylic acids is 1. The van der Waals surface area contributed by atoms with Crippen LogP contribution in [0, 0.1) is 0 Å². The van der Waals surface area contributed by atoms with Gasteiger partial charge < -0.3 is 11.1 Å². The number of carbonyl (C=O) groups is 1. The van der Waals surface area contributed by atoms with Crippen LogP contribution in [0.15, 0.2) is 11.4 Å². The van der Waals surface area contributed by atoms with E-state index in [2.05, 4.69) is 5.32 Å². The van der Waals surface area contributed by atoms with Gasteiger partial charge in [-0.1, -0.05) is 25.4 Å². The van der Waals surface area contributed by atoms with Gasteiger partial charge in [-0.25, -0.2) is 0 Å². The average Bonchev–Trinajstić information content (AvgIpc) is 2.72. The van der Waals surface area contributed by atoms with Crippen molar-refractivity contribution in [3.63, 3.8) is 0 Å². The van der Waals surface area contributed by atoms with E-state index < -0.39 is 0 Å². The second-order valence-electron chi connectivity index (χ2n) is 3.85. The minimum atomic E-state index is -0.320. The number of thiophene rings is 1. The molecule has 0 spiro atoms. The molecule has 0 fully saturated rings. The van der Waals surface area contributed by atoms with Crippen LogP contribution in [-0.2, 0) is 0 Å². The highest BCUT2D eigenvalue weighted by Gasteiger charge is 2.22. The normalized spacial score (nSPS) is 10.8. The van der Waals surface area contributed by atoms with Crippen molar-refractivity contribution in [2.24, 2.45) is 5.73 Å². The van der Waals surface area contributed by atoms with Crippen molar-refractivity contribution in [1.82, 2.24) is 5.32 Å². The third-order valence-electron chi connectivity index (χ3n) is 2.83. The molecular weight excluding hydrogens is 279 g/mol. The van der Waals surface area contributed by atoms with Crippen molar-refractivity contribution in [1.29, 1.82) is 0 Å². The summed E-state index contributed by atoms with van der Waals surface area (Å²) in [4.78, 5) is 12.3. The molecule has 0 aliphatic heterocycles. The largest absolute Gasteiger partial charge is 0.349 e. The van der Waals surface area contributed by atoms with Gasteiger partial charge in [-0.2, -0.15) is 0 Å². The Morgan fingerprint density at radius 2 is 2.12 bits per heavy atom. The molecule has 0 atom stereocenters. The number of hydrogen-bond donors (Lipinski definition) is 2. The number of nitrogens with one attached hydrogen (secondary N) is 1. The molecular formula is C11H18Cl2N2OS. The monoisotopic (exact) mass is 296 g/mol. The lowest BCUT2D eigenvalue weighted by atomic mass is 9.94. The molecule has 0 aromatic carbocycles. The molecule has 0 saturated heterocycles. The maximum Gasteiger partial charge on any atom is 0.262 e. The Kier molecular flexibility index (Phi) is 7.09. The Bertz CT molecular complexity index is 364. The van der Waals surface area contributed by atoms with Crippen LogP contribution in [0.25, 0.3) is 0 Å². The Morgan fingerprint density at radius 1 is 1.53 bits per heavy atom. The van der Waals surface area contributed by atoms with Crippen LogP contribution in [0.3, 0.4) is 0 Å². The number of hydrogen-bond acceptors (Lipinski definition) is 3. The van der Waals surface area contributed by atoms with Gasteiger partial charge in [-0.05, 0) is 24.3 Å². The third-order valence-corrected chi connectivity index (χ3v) is 4.17. The smallest absolute Gasteiger partial charge is 0.262 e. The van der Waals surface area contributed by atoms with Crippen molar-refractivity contribution < 1.29 is 4.79 Å². The molecule has 6 heteroatoms. The molecule has 1 heterocycles. The zero-order valence-electron chi connectivity index (χ0n) is 9.96. The number of nitrogens with two attached hydrogens (primary N) is 1. The Labute approximate surface area is 117 Å². The highest BCUT2D eigenvalue weighted by molar-refractivity contribution is 7.12. The minimum Gasteiger partial charge on any atom is -0.349 e. The first kappa shape index (κ1) is 16.7. The first-order valence-electron chi connectivity index (χ1n) is 5.32. The van der Waals surface area contributed by atoms with Gasteiger partial charge >= 0.3 is 0 Å². The summed E-state index contributed by atoms with van der Waals surface area (Å²) in [6, 6.07) is 1.72. The molecule has 98 valence electrons. The summed E-state index contributed by atoms with van der Waals surface area (Å²) in [6.07, 6.45) is 1.67. The predicted molar refractivity (Wildman–Crippen MR) is 76.4 cm³/mol. The van der Waals surface area contributed by atoms with Crippen LogP contribution in [-0.4, -0.2) is 18.0 Å². The third kappa shape index (κ3) is 4.47. The molecule has 1 rings (SSSR count). The van der Waals surface area contributed by atoms with Crippen LogP contribution in [0.1, 0.15) is 36.4 Å². The lowest BCUT2D eigenvalue weighted by molar-refractivity contribution is 0.0946. The summed E-state index contributed by atoms with van der Waals surface area (Å²) in [5, 5.41) is 5.13. The van der Waals surface area contributed by atoms with Gasteiger partial charge in [0.15, 0.2) is 0 Å². The van der Waals surface area contributed by atoms with E-state index in [1.807, 2.05) is 13.8 Å². The van der Waals surface area contributed by atoms with E-state index in [1.165, 1.54) is 11.3 Å². The van der Waals surface area contributed by atoms with Gasteiger partial charge in [0.25, 0.3) is 5.91 Å². The first-order chi connectivity index (χ1) is 7.52. The van der Waals surface area contributed by atoms with Gasteiger partial charge in [-0.15, -0.1) is 23.7 Å². The van der Waals surface area contributed by atoms with Crippen molar-refractivity contribution in [2.75, 3.05) is 6.54 Å². The SMILES string of the molecule is CCC(N)(CC)CNC(=O)c1sccc1Cl.Cl. The van der Waals surface area contributed by atoms with Gasteiger partial charge in [0.2, 0.25) is 0 Å². The lowest BCUT2D eigenvalue weighted by Gasteiger charge is -2.26. The fourth-order valence-electron chi connectivity index (χ4n) is 1.29. The van der Waals surface area contributed by atoms with E-state index in [9.17, 15) is 4.79 Å². The Hall–Kier alpha value is -0.290. The van der Waals surface area contributed by atoms with Crippen LogP contribution >= 0.6 is 35.3 Å². The van der Waals surface area contributed by atoms with Crippen molar-refractivity contribution in [3.05, 3.63) is 21.3 Å². The molecule has 3 N–H and O–H groups in total. The summed E-state index contributed by atoms with van der Waals surface area (Å²) >= 11 is 7.21. The molecule has 0 unspecified atom stereocenters. The second kappa shape index (κ2) is 7.21. The van der Waals surface area contributed by atoms with Crippen molar-refractivity contribution in [2.45, 2.75) is 32.2 Å². The highest BCUT2D eigenvalue weighted by atomic mass is 35.5.